The number of hydrogen-bond donors (Lipinski definition) is 1. The van der Waals surface area contributed by atoms with Gasteiger partial charge in [0.15, 0.2) is 0 Å². The molecule has 0 radical (unpaired) electrons. The molecule has 5 heteroatoms. The van der Waals surface area contributed by atoms with Crippen molar-refractivity contribution < 1.29 is 14.7 Å². The highest BCUT2D eigenvalue weighted by molar-refractivity contribution is 5.76. The summed E-state index contributed by atoms with van der Waals surface area (Å²) in [4.78, 5) is 26.9. The van der Waals surface area contributed by atoms with Gasteiger partial charge in [0, 0.05) is 25.2 Å². The summed E-state index contributed by atoms with van der Waals surface area (Å²) >= 11 is 0. The Labute approximate surface area is 121 Å². The number of nitrogens with zero attached hydrogens (tertiary/aromatic N) is 2. The molecular formula is C15H28N2O3. The molecule has 0 unspecified atom stereocenters. The first-order chi connectivity index (χ1) is 9.23. The highest BCUT2D eigenvalue weighted by atomic mass is 16.4. The van der Waals surface area contributed by atoms with Crippen LogP contribution in [0.15, 0.2) is 0 Å². The van der Waals surface area contributed by atoms with Crippen LogP contribution in [0.3, 0.4) is 0 Å². The summed E-state index contributed by atoms with van der Waals surface area (Å²) in [6.07, 6.45) is 5.69. The molecule has 20 heavy (non-hydrogen) atoms. The minimum atomic E-state index is -0.868. The first kappa shape index (κ1) is 16.8. The Bertz CT molecular complexity index is 344. The molecule has 0 spiro atoms. The molecule has 0 aliphatic heterocycles. The second-order valence-electron chi connectivity index (χ2n) is 6.65. The fourth-order valence-corrected chi connectivity index (χ4v) is 2.74. The number of carbonyl (C=O) groups is 2. The van der Waals surface area contributed by atoms with Crippen LogP contribution in [0.1, 0.15) is 59.3 Å². The van der Waals surface area contributed by atoms with Crippen LogP contribution in [0.2, 0.25) is 0 Å². The van der Waals surface area contributed by atoms with Crippen LogP contribution < -0.4 is 0 Å². The smallest absolute Gasteiger partial charge is 0.320 e. The number of aliphatic carboxylic acids is 1. The maximum Gasteiger partial charge on any atom is 0.320 e. The number of amides is 2. The zero-order chi connectivity index (χ0) is 15.3. The van der Waals surface area contributed by atoms with Crippen molar-refractivity contribution in [2.24, 2.45) is 0 Å². The number of carboxylic acids is 1. The van der Waals surface area contributed by atoms with Crippen LogP contribution in [-0.4, -0.2) is 52.1 Å². The highest BCUT2D eigenvalue weighted by Crippen LogP contribution is 2.24. The van der Waals surface area contributed by atoms with E-state index in [2.05, 4.69) is 0 Å². The Kier molecular flexibility index (Phi) is 5.84. The molecule has 0 heterocycles. The van der Waals surface area contributed by atoms with E-state index in [1.165, 1.54) is 19.3 Å². The fourth-order valence-electron chi connectivity index (χ4n) is 2.74. The molecule has 0 aromatic rings. The molecule has 116 valence electrons. The molecule has 1 aliphatic carbocycles. The Morgan fingerprint density at radius 1 is 1.15 bits per heavy atom. The Morgan fingerprint density at radius 2 is 1.70 bits per heavy atom. The number of rotatable bonds is 4. The van der Waals surface area contributed by atoms with Gasteiger partial charge in [-0.25, -0.2) is 4.79 Å². The second-order valence-corrected chi connectivity index (χ2v) is 6.65. The van der Waals surface area contributed by atoms with Gasteiger partial charge in [-0.3, -0.25) is 4.79 Å². The van der Waals surface area contributed by atoms with Gasteiger partial charge in [-0.15, -0.1) is 0 Å². The topological polar surface area (TPSA) is 60.9 Å². The van der Waals surface area contributed by atoms with Crippen molar-refractivity contribution in [2.45, 2.75) is 70.9 Å². The molecule has 0 saturated heterocycles. The van der Waals surface area contributed by atoms with E-state index in [1.807, 2.05) is 32.7 Å². The maximum atomic E-state index is 12.7. The van der Waals surface area contributed by atoms with E-state index < -0.39 is 5.97 Å². The quantitative estimate of drug-likeness (QED) is 0.863. The van der Waals surface area contributed by atoms with Crippen LogP contribution in [0.4, 0.5) is 4.79 Å². The van der Waals surface area contributed by atoms with Gasteiger partial charge >= 0.3 is 12.0 Å². The molecule has 0 aromatic heterocycles. The van der Waals surface area contributed by atoms with Gasteiger partial charge in [-0.2, -0.15) is 0 Å². The SMILES string of the molecule is CN(C(=O)N(CCC(=O)O)C(C)(C)C)C1CCCCC1. The minimum absolute atomic E-state index is 0.0124. The average molecular weight is 284 g/mol. The van der Waals surface area contributed by atoms with Gasteiger partial charge in [0.2, 0.25) is 0 Å². The summed E-state index contributed by atoms with van der Waals surface area (Å²) in [7, 11) is 1.85. The van der Waals surface area contributed by atoms with Gasteiger partial charge in [-0.1, -0.05) is 19.3 Å². The molecule has 0 aromatic carbocycles. The van der Waals surface area contributed by atoms with Gasteiger partial charge in [0.05, 0.1) is 6.42 Å². The van der Waals surface area contributed by atoms with Crippen LogP contribution in [-0.2, 0) is 4.79 Å². The number of hydrogen-bond acceptors (Lipinski definition) is 2. The van der Waals surface area contributed by atoms with Crippen molar-refractivity contribution in [3.8, 4) is 0 Å². The van der Waals surface area contributed by atoms with E-state index in [0.717, 1.165) is 12.8 Å². The first-order valence-electron chi connectivity index (χ1n) is 7.49. The van der Waals surface area contributed by atoms with Crippen molar-refractivity contribution in [1.29, 1.82) is 0 Å². The molecule has 5 nitrogen and oxygen atoms in total. The molecule has 1 rings (SSSR count). The molecule has 1 N–H and O–H groups in total. The molecule has 1 aliphatic rings. The third-order valence-electron chi connectivity index (χ3n) is 4.01. The average Bonchev–Trinajstić information content (AvgIpc) is 2.37. The van der Waals surface area contributed by atoms with Gasteiger partial charge in [0.1, 0.15) is 0 Å². The van der Waals surface area contributed by atoms with Crippen molar-refractivity contribution in [1.82, 2.24) is 9.80 Å². The predicted octanol–water partition coefficient (Wildman–Crippen LogP) is 2.95. The van der Waals surface area contributed by atoms with Crippen LogP contribution in [0, 0.1) is 0 Å². The monoisotopic (exact) mass is 284 g/mol. The lowest BCUT2D eigenvalue weighted by molar-refractivity contribution is -0.137. The Morgan fingerprint density at radius 3 is 2.15 bits per heavy atom. The third-order valence-corrected chi connectivity index (χ3v) is 4.01. The standard InChI is InChI=1S/C15H28N2O3/c1-15(2,3)17(11-10-13(18)19)14(20)16(4)12-8-6-5-7-9-12/h12H,5-11H2,1-4H3,(H,18,19). The number of urea groups is 1. The molecule has 2 amide bonds. The lowest BCUT2D eigenvalue weighted by Gasteiger charge is -2.41. The van der Waals surface area contributed by atoms with Crippen molar-refractivity contribution >= 4 is 12.0 Å². The van der Waals surface area contributed by atoms with Crippen LogP contribution in [0.25, 0.3) is 0 Å². The van der Waals surface area contributed by atoms with E-state index in [1.54, 1.807) is 4.90 Å². The predicted molar refractivity (Wildman–Crippen MR) is 78.7 cm³/mol. The van der Waals surface area contributed by atoms with Gasteiger partial charge in [-0.05, 0) is 33.6 Å². The van der Waals surface area contributed by atoms with E-state index in [4.69, 9.17) is 5.11 Å². The van der Waals surface area contributed by atoms with Crippen LogP contribution >= 0.6 is 0 Å². The van der Waals surface area contributed by atoms with Crippen molar-refractivity contribution in [2.75, 3.05) is 13.6 Å². The number of carboxylic acid groups (broad SMARTS) is 1. The summed E-state index contributed by atoms with van der Waals surface area (Å²) in [5, 5.41) is 8.85. The lowest BCUT2D eigenvalue weighted by atomic mass is 9.94. The molecule has 0 bridgehead atoms. The van der Waals surface area contributed by atoms with E-state index in [9.17, 15) is 9.59 Å². The minimum Gasteiger partial charge on any atom is -0.481 e. The molecule has 0 atom stereocenters. The molecule has 1 fully saturated rings. The Hall–Kier alpha value is -1.26. The summed E-state index contributed by atoms with van der Waals surface area (Å²) in [6, 6.07) is 0.247. The zero-order valence-electron chi connectivity index (χ0n) is 13.2. The molecule has 1 saturated carbocycles. The summed E-state index contributed by atoms with van der Waals surface area (Å²) in [5.74, 6) is -0.868. The molecular weight excluding hydrogens is 256 g/mol. The zero-order valence-corrected chi connectivity index (χ0v) is 13.2. The fraction of sp³-hybridized carbons (Fsp3) is 0.867. The number of carbonyl (C=O) groups excluding carboxylic acids is 1. The largest absolute Gasteiger partial charge is 0.481 e. The lowest BCUT2D eigenvalue weighted by Crippen LogP contribution is -2.54. The first-order valence-corrected chi connectivity index (χ1v) is 7.49. The van der Waals surface area contributed by atoms with Crippen molar-refractivity contribution in [3.63, 3.8) is 0 Å². The van der Waals surface area contributed by atoms with Crippen LogP contribution in [0.5, 0.6) is 0 Å². The summed E-state index contributed by atoms with van der Waals surface area (Å²) in [5.41, 5.74) is -0.366. The summed E-state index contributed by atoms with van der Waals surface area (Å²) in [6.45, 7) is 6.10. The van der Waals surface area contributed by atoms with Crippen molar-refractivity contribution in [3.05, 3.63) is 0 Å². The summed E-state index contributed by atoms with van der Waals surface area (Å²) < 4.78 is 0. The maximum absolute atomic E-state index is 12.7. The van der Waals surface area contributed by atoms with E-state index >= 15 is 0 Å². The normalized spacial score (nSPS) is 16.8. The second kappa shape index (κ2) is 6.95. The van der Waals surface area contributed by atoms with E-state index in [0.29, 0.717) is 6.04 Å². The highest BCUT2D eigenvalue weighted by Gasteiger charge is 2.32. The third kappa shape index (κ3) is 4.69. The van der Waals surface area contributed by atoms with Gasteiger partial charge < -0.3 is 14.9 Å². The Balaban J connectivity index is 2.72. The van der Waals surface area contributed by atoms with Gasteiger partial charge in [0.25, 0.3) is 0 Å². The van der Waals surface area contributed by atoms with E-state index in [-0.39, 0.29) is 24.5 Å².